The van der Waals surface area contributed by atoms with Gasteiger partial charge in [0, 0.05) is 11.6 Å². The molecule has 116 valence electrons. The molecule has 0 fully saturated rings. The van der Waals surface area contributed by atoms with Crippen LogP contribution in [0.15, 0.2) is 24.3 Å². The summed E-state index contributed by atoms with van der Waals surface area (Å²) in [4.78, 5) is 25.5. The number of nitrogens with zero attached hydrogens (tertiary/aromatic N) is 1. The summed E-state index contributed by atoms with van der Waals surface area (Å²) in [6, 6.07) is 7.86. The van der Waals surface area contributed by atoms with Crippen molar-refractivity contribution in [2.24, 2.45) is 0 Å². The van der Waals surface area contributed by atoms with E-state index in [1.54, 1.807) is 11.9 Å². The number of ketones is 1. The number of rotatable bonds is 8. The molecule has 4 heteroatoms. The molecule has 0 bridgehead atoms. The molecule has 0 spiro atoms. The summed E-state index contributed by atoms with van der Waals surface area (Å²) in [6.07, 6.45) is 2.13. The average molecular weight is 290 g/mol. The molecule has 21 heavy (non-hydrogen) atoms. The van der Waals surface area contributed by atoms with Crippen LogP contribution in [0.25, 0.3) is 0 Å². The molecule has 0 heterocycles. The third kappa shape index (κ3) is 6.54. The number of benzene rings is 1. The molecule has 0 aliphatic rings. The minimum absolute atomic E-state index is 0.0397. The van der Waals surface area contributed by atoms with E-state index in [1.165, 1.54) is 5.56 Å². The second-order valence-electron chi connectivity index (χ2n) is 5.76. The van der Waals surface area contributed by atoms with Crippen LogP contribution >= 0.6 is 0 Å². The maximum absolute atomic E-state index is 12.2. The van der Waals surface area contributed by atoms with Crippen molar-refractivity contribution in [2.45, 2.75) is 39.7 Å². The van der Waals surface area contributed by atoms with Crippen molar-refractivity contribution in [3.05, 3.63) is 35.4 Å². The lowest BCUT2D eigenvalue weighted by Gasteiger charge is -2.16. The molecule has 0 radical (unpaired) electrons. The minimum atomic E-state index is -0.0569. The lowest BCUT2D eigenvalue weighted by atomic mass is 10.1. The van der Waals surface area contributed by atoms with E-state index in [0.717, 1.165) is 12.8 Å². The van der Waals surface area contributed by atoms with Gasteiger partial charge in [0.1, 0.15) is 0 Å². The standard InChI is InChI=1S/C17H26N2O2/c1-5-6-14-7-9-15(10-8-14)16(20)11-19(4)12-17(21)18-13(2)3/h7-10,13H,5-6,11-12H2,1-4H3,(H,18,21). The highest BCUT2D eigenvalue weighted by Crippen LogP contribution is 2.08. The third-order valence-electron chi connectivity index (χ3n) is 3.09. The molecule has 4 nitrogen and oxygen atoms in total. The van der Waals surface area contributed by atoms with Crippen molar-refractivity contribution in [1.82, 2.24) is 10.2 Å². The number of aryl methyl sites for hydroxylation is 1. The van der Waals surface area contributed by atoms with Gasteiger partial charge in [-0.3, -0.25) is 14.5 Å². The summed E-state index contributed by atoms with van der Waals surface area (Å²) in [6.45, 7) is 6.45. The smallest absolute Gasteiger partial charge is 0.234 e. The van der Waals surface area contributed by atoms with Crippen LogP contribution in [-0.2, 0) is 11.2 Å². The number of amides is 1. The fourth-order valence-corrected chi connectivity index (χ4v) is 2.15. The van der Waals surface area contributed by atoms with Gasteiger partial charge >= 0.3 is 0 Å². The first-order valence-electron chi connectivity index (χ1n) is 7.52. The average Bonchev–Trinajstić information content (AvgIpc) is 2.38. The Bertz CT molecular complexity index is 466. The van der Waals surface area contributed by atoms with Crippen molar-refractivity contribution < 1.29 is 9.59 Å². The maximum Gasteiger partial charge on any atom is 0.234 e. The van der Waals surface area contributed by atoms with Gasteiger partial charge < -0.3 is 5.32 Å². The lowest BCUT2D eigenvalue weighted by molar-refractivity contribution is -0.122. The van der Waals surface area contributed by atoms with Gasteiger partial charge in [-0.1, -0.05) is 37.6 Å². The molecule has 0 saturated carbocycles. The van der Waals surface area contributed by atoms with Crippen molar-refractivity contribution >= 4 is 11.7 Å². The number of carbonyl (C=O) groups is 2. The summed E-state index contributed by atoms with van der Waals surface area (Å²) in [5.74, 6) is -0.0171. The van der Waals surface area contributed by atoms with E-state index in [1.807, 2.05) is 38.1 Å². The molecule has 0 aliphatic carbocycles. The second kappa shape index (κ2) is 8.57. The van der Waals surface area contributed by atoms with Crippen LogP contribution < -0.4 is 5.32 Å². The van der Waals surface area contributed by atoms with Crippen LogP contribution in [0.2, 0.25) is 0 Å². The van der Waals surface area contributed by atoms with E-state index in [4.69, 9.17) is 0 Å². The minimum Gasteiger partial charge on any atom is -0.353 e. The summed E-state index contributed by atoms with van der Waals surface area (Å²) < 4.78 is 0. The Labute approximate surface area is 127 Å². The summed E-state index contributed by atoms with van der Waals surface area (Å²) in [7, 11) is 1.78. The molecule has 1 N–H and O–H groups in total. The number of likely N-dealkylation sites (N-methyl/N-ethyl adjacent to an activating group) is 1. The van der Waals surface area contributed by atoms with Crippen molar-refractivity contribution in [1.29, 1.82) is 0 Å². The summed E-state index contributed by atoms with van der Waals surface area (Å²) in [5.41, 5.74) is 1.95. The highest BCUT2D eigenvalue weighted by molar-refractivity contribution is 5.97. The quantitative estimate of drug-likeness (QED) is 0.747. The van der Waals surface area contributed by atoms with Crippen molar-refractivity contribution in [2.75, 3.05) is 20.1 Å². The first-order valence-corrected chi connectivity index (χ1v) is 7.52. The Kier molecular flexibility index (Phi) is 7.09. The molecule has 0 saturated heterocycles. The summed E-state index contributed by atoms with van der Waals surface area (Å²) >= 11 is 0. The number of nitrogens with one attached hydrogen (secondary N) is 1. The zero-order valence-corrected chi connectivity index (χ0v) is 13.5. The molecule has 1 rings (SSSR count). The number of carbonyl (C=O) groups excluding carboxylic acids is 2. The number of hydrogen-bond donors (Lipinski definition) is 1. The Balaban J connectivity index is 2.50. The largest absolute Gasteiger partial charge is 0.353 e. The van der Waals surface area contributed by atoms with E-state index in [-0.39, 0.29) is 30.8 Å². The molecule has 0 aliphatic heterocycles. The topological polar surface area (TPSA) is 49.4 Å². The molecule has 0 unspecified atom stereocenters. The van der Waals surface area contributed by atoms with Crippen LogP contribution in [0.4, 0.5) is 0 Å². The van der Waals surface area contributed by atoms with Crippen molar-refractivity contribution in [3.63, 3.8) is 0 Å². The monoisotopic (exact) mass is 290 g/mol. The SMILES string of the molecule is CCCc1ccc(C(=O)CN(C)CC(=O)NC(C)C)cc1. The van der Waals surface area contributed by atoms with Crippen molar-refractivity contribution in [3.8, 4) is 0 Å². The fourth-order valence-electron chi connectivity index (χ4n) is 2.15. The van der Waals surface area contributed by atoms with Gasteiger partial charge in [0.05, 0.1) is 13.1 Å². The predicted molar refractivity (Wildman–Crippen MR) is 85.5 cm³/mol. The van der Waals surface area contributed by atoms with Gasteiger partial charge in [0.25, 0.3) is 0 Å². The van der Waals surface area contributed by atoms with Crippen LogP contribution in [0.3, 0.4) is 0 Å². The first kappa shape index (κ1) is 17.4. The molecule has 1 aromatic carbocycles. The van der Waals surface area contributed by atoms with Crippen LogP contribution in [0, 0.1) is 0 Å². The zero-order chi connectivity index (χ0) is 15.8. The van der Waals surface area contributed by atoms with E-state index in [0.29, 0.717) is 5.56 Å². The Hall–Kier alpha value is -1.68. The molecule has 1 aromatic rings. The van der Waals surface area contributed by atoms with Gasteiger partial charge in [-0.2, -0.15) is 0 Å². The van der Waals surface area contributed by atoms with Crippen LogP contribution in [0.5, 0.6) is 0 Å². The van der Waals surface area contributed by atoms with Gasteiger partial charge in [0.15, 0.2) is 5.78 Å². The van der Waals surface area contributed by atoms with Crippen LogP contribution in [-0.4, -0.2) is 42.8 Å². The third-order valence-corrected chi connectivity index (χ3v) is 3.09. The van der Waals surface area contributed by atoms with Gasteiger partial charge in [-0.05, 0) is 32.9 Å². The number of Topliss-reactive ketones (excluding diaryl/α,β-unsaturated/α-hetero) is 1. The highest BCUT2D eigenvalue weighted by Gasteiger charge is 2.12. The Morgan fingerprint density at radius 1 is 1.14 bits per heavy atom. The van der Waals surface area contributed by atoms with Gasteiger partial charge in [-0.15, -0.1) is 0 Å². The van der Waals surface area contributed by atoms with Gasteiger partial charge in [-0.25, -0.2) is 0 Å². The Morgan fingerprint density at radius 2 is 1.76 bits per heavy atom. The van der Waals surface area contributed by atoms with E-state index in [2.05, 4.69) is 12.2 Å². The molecule has 0 atom stereocenters. The van der Waals surface area contributed by atoms with Gasteiger partial charge in [0.2, 0.25) is 5.91 Å². The number of hydrogen-bond acceptors (Lipinski definition) is 3. The molecular formula is C17H26N2O2. The molecular weight excluding hydrogens is 264 g/mol. The maximum atomic E-state index is 12.2. The fraction of sp³-hybridized carbons (Fsp3) is 0.529. The van der Waals surface area contributed by atoms with E-state index >= 15 is 0 Å². The lowest BCUT2D eigenvalue weighted by Crippen LogP contribution is -2.40. The zero-order valence-electron chi connectivity index (χ0n) is 13.5. The summed E-state index contributed by atoms with van der Waals surface area (Å²) in [5, 5.41) is 2.82. The van der Waals surface area contributed by atoms with Crippen LogP contribution in [0.1, 0.15) is 43.1 Å². The highest BCUT2D eigenvalue weighted by atomic mass is 16.2. The first-order chi connectivity index (χ1) is 9.92. The predicted octanol–water partition coefficient (Wildman–Crippen LogP) is 2.28. The molecule has 0 aromatic heterocycles. The Morgan fingerprint density at radius 3 is 2.29 bits per heavy atom. The molecule has 1 amide bonds. The normalized spacial score (nSPS) is 11.0. The van der Waals surface area contributed by atoms with E-state index < -0.39 is 0 Å². The second-order valence-corrected chi connectivity index (χ2v) is 5.76. The van der Waals surface area contributed by atoms with E-state index in [9.17, 15) is 9.59 Å².